The van der Waals surface area contributed by atoms with Crippen molar-refractivity contribution in [3.8, 4) is 0 Å². The number of carbonyl (C=O) groups excluding carboxylic acids is 2. The van der Waals surface area contributed by atoms with Crippen LogP contribution in [0.1, 0.15) is 23.1 Å². The number of anilines is 1. The molecule has 0 spiro atoms. The Morgan fingerprint density at radius 2 is 1.70 bits per heavy atom. The molecule has 5 heteroatoms. The van der Waals surface area contributed by atoms with Crippen LogP contribution in [-0.2, 0) is 16.1 Å². The van der Waals surface area contributed by atoms with Gasteiger partial charge in [-0.3, -0.25) is 9.59 Å². The molecule has 0 aliphatic carbocycles. The summed E-state index contributed by atoms with van der Waals surface area (Å²) < 4.78 is 0. The molecule has 0 saturated heterocycles. The summed E-state index contributed by atoms with van der Waals surface area (Å²) in [5, 5.41) is 5.97. The molecule has 0 atom stereocenters. The van der Waals surface area contributed by atoms with Crippen LogP contribution < -0.4 is 10.6 Å². The molecule has 0 unspecified atom stereocenters. The maximum atomic E-state index is 11.9. The quantitative estimate of drug-likeness (QED) is 0.823. The van der Waals surface area contributed by atoms with Gasteiger partial charge in [0, 0.05) is 17.3 Å². The van der Waals surface area contributed by atoms with E-state index in [0.717, 1.165) is 16.7 Å². The topological polar surface area (TPSA) is 58.2 Å². The molecule has 0 aliphatic rings. The Balaban J connectivity index is 1.81. The van der Waals surface area contributed by atoms with Crippen LogP contribution in [0.25, 0.3) is 0 Å². The second kappa shape index (κ2) is 7.79. The van der Waals surface area contributed by atoms with Crippen LogP contribution in [0.15, 0.2) is 42.5 Å². The van der Waals surface area contributed by atoms with Crippen molar-refractivity contribution in [2.45, 2.75) is 26.8 Å². The number of halogens is 1. The summed E-state index contributed by atoms with van der Waals surface area (Å²) in [7, 11) is 0. The van der Waals surface area contributed by atoms with Gasteiger partial charge < -0.3 is 10.6 Å². The third-order valence-corrected chi connectivity index (χ3v) is 3.79. The number of aryl methyl sites for hydroxylation is 2. The van der Waals surface area contributed by atoms with Gasteiger partial charge in [-0.2, -0.15) is 0 Å². The summed E-state index contributed by atoms with van der Waals surface area (Å²) in [6.45, 7) is 4.29. The zero-order valence-corrected chi connectivity index (χ0v) is 13.9. The van der Waals surface area contributed by atoms with Crippen LogP contribution in [0.2, 0.25) is 5.02 Å². The summed E-state index contributed by atoms with van der Waals surface area (Å²) in [5.41, 5.74) is 3.67. The van der Waals surface area contributed by atoms with Crippen LogP contribution in [0, 0.1) is 13.8 Å². The Morgan fingerprint density at radius 1 is 1.00 bits per heavy atom. The lowest BCUT2D eigenvalue weighted by Gasteiger charge is -2.08. The van der Waals surface area contributed by atoms with Crippen LogP contribution >= 0.6 is 11.6 Å². The van der Waals surface area contributed by atoms with Gasteiger partial charge in [0.25, 0.3) is 0 Å². The Bertz CT molecular complexity index is 711. The molecule has 2 aromatic rings. The number of hydrogen-bond donors (Lipinski definition) is 2. The Morgan fingerprint density at radius 3 is 2.35 bits per heavy atom. The molecule has 0 saturated carbocycles. The molecule has 2 rings (SSSR count). The minimum atomic E-state index is -0.369. The molecule has 0 aliphatic heterocycles. The highest BCUT2D eigenvalue weighted by Gasteiger charge is 2.10. The van der Waals surface area contributed by atoms with Crippen molar-refractivity contribution in [2.24, 2.45) is 0 Å². The summed E-state index contributed by atoms with van der Waals surface area (Å²) >= 11 is 6.00. The number of amides is 2. The fourth-order valence-electron chi connectivity index (χ4n) is 1.99. The molecule has 4 nitrogen and oxygen atoms in total. The summed E-state index contributed by atoms with van der Waals surface area (Å²) in [6.07, 6.45) is -0.225. The van der Waals surface area contributed by atoms with Gasteiger partial charge in [-0.05, 0) is 37.1 Å². The van der Waals surface area contributed by atoms with Crippen LogP contribution in [0.5, 0.6) is 0 Å². The first-order valence-electron chi connectivity index (χ1n) is 7.32. The molecule has 23 heavy (non-hydrogen) atoms. The van der Waals surface area contributed by atoms with Crippen LogP contribution in [0.3, 0.4) is 0 Å². The second-order valence-electron chi connectivity index (χ2n) is 5.45. The lowest BCUT2D eigenvalue weighted by molar-refractivity contribution is -0.126. The van der Waals surface area contributed by atoms with E-state index < -0.39 is 0 Å². The van der Waals surface area contributed by atoms with Gasteiger partial charge in [0.15, 0.2) is 0 Å². The lowest BCUT2D eigenvalue weighted by atomic mass is 10.1. The van der Waals surface area contributed by atoms with E-state index in [1.54, 1.807) is 12.1 Å². The van der Waals surface area contributed by atoms with Crippen molar-refractivity contribution in [1.82, 2.24) is 5.32 Å². The average molecular weight is 331 g/mol. The number of rotatable bonds is 5. The monoisotopic (exact) mass is 330 g/mol. The summed E-state index contributed by atoms with van der Waals surface area (Å²) in [4.78, 5) is 23.7. The highest BCUT2D eigenvalue weighted by molar-refractivity contribution is 6.31. The van der Waals surface area contributed by atoms with E-state index in [0.29, 0.717) is 17.3 Å². The van der Waals surface area contributed by atoms with E-state index in [9.17, 15) is 9.59 Å². The van der Waals surface area contributed by atoms with Crippen LogP contribution in [-0.4, -0.2) is 11.8 Å². The fraction of sp³-hybridized carbons (Fsp3) is 0.222. The molecular weight excluding hydrogens is 312 g/mol. The Kier molecular flexibility index (Phi) is 5.77. The van der Waals surface area contributed by atoms with E-state index >= 15 is 0 Å². The minimum absolute atomic E-state index is 0.225. The number of nitrogens with one attached hydrogen (secondary N) is 2. The molecule has 0 heterocycles. The first-order valence-corrected chi connectivity index (χ1v) is 7.70. The number of carbonyl (C=O) groups is 2. The zero-order chi connectivity index (χ0) is 16.8. The van der Waals surface area contributed by atoms with E-state index in [1.807, 2.05) is 44.2 Å². The summed E-state index contributed by atoms with van der Waals surface area (Å²) in [5.74, 6) is -0.687. The van der Waals surface area contributed by atoms with E-state index in [1.165, 1.54) is 0 Å². The minimum Gasteiger partial charge on any atom is -0.352 e. The van der Waals surface area contributed by atoms with Gasteiger partial charge in [0.05, 0.1) is 0 Å². The van der Waals surface area contributed by atoms with E-state index in [-0.39, 0.29) is 18.2 Å². The molecule has 0 aromatic heterocycles. The first kappa shape index (κ1) is 17.0. The highest BCUT2D eigenvalue weighted by Crippen LogP contribution is 2.19. The standard InChI is InChI=1S/C18H19ClN2O2/c1-12-3-6-14(7-4-12)11-20-17(22)10-18(23)21-15-8-5-13(2)16(19)9-15/h3-9H,10-11H2,1-2H3,(H,20,22)(H,21,23). The van der Waals surface area contributed by atoms with Crippen molar-refractivity contribution >= 4 is 29.1 Å². The van der Waals surface area contributed by atoms with Crippen molar-refractivity contribution in [3.05, 3.63) is 64.2 Å². The Labute approximate surface area is 140 Å². The second-order valence-corrected chi connectivity index (χ2v) is 5.86. The van der Waals surface area contributed by atoms with Crippen molar-refractivity contribution in [3.63, 3.8) is 0 Å². The molecular formula is C18H19ClN2O2. The highest BCUT2D eigenvalue weighted by atomic mass is 35.5. The van der Waals surface area contributed by atoms with E-state index in [4.69, 9.17) is 11.6 Å². The summed E-state index contributed by atoms with van der Waals surface area (Å²) in [6, 6.07) is 13.1. The van der Waals surface area contributed by atoms with Gasteiger partial charge in [-0.15, -0.1) is 0 Å². The predicted octanol–water partition coefficient (Wildman–Crippen LogP) is 3.60. The molecule has 2 aromatic carbocycles. The lowest BCUT2D eigenvalue weighted by Crippen LogP contribution is -2.27. The van der Waals surface area contributed by atoms with Crippen LogP contribution in [0.4, 0.5) is 5.69 Å². The molecule has 2 amide bonds. The van der Waals surface area contributed by atoms with Gasteiger partial charge in [0.2, 0.25) is 11.8 Å². The third-order valence-electron chi connectivity index (χ3n) is 3.39. The van der Waals surface area contributed by atoms with Gasteiger partial charge in [-0.1, -0.05) is 47.5 Å². The molecule has 0 fully saturated rings. The molecule has 0 bridgehead atoms. The van der Waals surface area contributed by atoms with Gasteiger partial charge >= 0.3 is 0 Å². The van der Waals surface area contributed by atoms with Crippen molar-refractivity contribution < 1.29 is 9.59 Å². The fourth-order valence-corrected chi connectivity index (χ4v) is 2.17. The largest absolute Gasteiger partial charge is 0.352 e. The smallest absolute Gasteiger partial charge is 0.233 e. The molecule has 0 radical (unpaired) electrons. The van der Waals surface area contributed by atoms with E-state index in [2.05, 4.69) is 10.6 Å². The normalized spacial score (nSPS) is 10.2. The first-order chi connectivity index (χ1) is 10.9. The van der Waals surface area contributed by atoms with Gasteiger partial charge in [-0.25, -0.2) is 0 Å². The predicted molar refractivity (Wildman–Crippen MR) is 92.5 cm³/mol. The zero-order valence-electron chi connectivity index (χ0n) is 13.2. The van der Waals surface area contributed by atoms with Gasteiger partial charge in [0.1, 0.15) is 6.42 Å². The maximum Gasteiger partial charge on any atom is 0.233 e. The van der Waals surface area contributed by atoms with Crippen molar-refractivity contribution in [1.29, 1.82) is 0 Å². The van der Waals surface area contributed by atoms with Crippen molar-refractivity contribution in [2.75, 3.05) is 5.32 Å². The average Bonchev–Trinajstić information content (AvgIpc) is 2.50. The SMILES string of the molecule is Cc1ccc(CNC(=O)CC(=O)Nc2ccc(C)c(Cl)c2)cc1. The third kappa shape index (κ3) is 5.42. The molecule has 120 valence electrons. The maximum absolute atomic E-state index is 11.9. The molecule has 2 N–H and O–H groups in total. The Hall–Kier alpha value is -2.33. The number of hydrogen-bond acceptors (Lipinski definition) is 2. The number of benzene rings is 2.